The van der Waals surface area contributed by atoms with Crippen molar-refractivity contribution < 1.29 is 19.4 Å². The van der Waals surface area contributed by atoms with Crippen LogP contribution in [0.2, 0.25) is 0 Å². The van der Waals surface area contributed by atoms with E-state index in [9.17, 15) is 9.90 Å². The fourth-order valence-corrected chi connectivity index (χ4v) is 5.05. The van der Waals surface area contributed by atoms with E-state index >= 15 is 0 Å². The number of amides is 1. The molecule has 0 aromatic heterocycles. The van der Waals surface area contributed by atoms with E-state index in [0.29, 0.717) is 26.1 Å². The molecule has 2 fully saturated rings. The van der Waals surface area contributed by atoms with E-state index in [1.54, 1.807) is 4.90 Å². The fraction of sp³-hybridized carbons (Fsp3) is 0.296. The molecule has 5 rings (SSSR count). The van der Waals surface area contributed by atoms with Gasteiger partial charge in [-0.1, -0.05) is 84.9 Å². The van der Waals surface area contributed by atoms with Crippen LogP contribution in [0.25, 0.3) is 11.1 Å². The predicted octanol–water partition coefficient (Wildman–Crippen LogP) is 4.74. The van der Waals surface area contributed by atoms with Gasteiger partial charge in [0, 0.05) is 12.8 Å². The number of hydrogen-bond donors (Lipinski definition) is 1. The zero-order chi connectivity index (χ0) is 22.0. The summed E-state index contributed by atoms with van der Waals surface area (Å²) in [6, 6.07) is 27.3. The lowest BCUT2D eigenvalue weighted by Crippen LogP contribution is -2.62. The number of carbonyl (C=O) groups excluding carboxylic acids is 1. The lowest BCUT2D eigenvalue weighted by atomic mass is 9.74. The number of morpholine rings is 1. The average molecular weight is 430 g/mol. The summed E-state index contributed by atoms with van der Waals surface area (Å²) < 4.78 is 11.4. The summed E-state index contributed by atoms with van der Waals surface area (Å²) in [5.41, 5.74) is 2.91. The van der Waals surface area contributed by atoms with Crippen LogP contribution >= 0.6 is 0 Å². The van der Waals surface area contributed by atoms with Gasteiger partial charge >= 0.3 is 6.09 Å². The highest BCUT2D eigenvalue weighted by Crippen LogP contribution is 2.44. The Bertz CT molecular complexity index is 1060. The molecule has 2 aliphatic rings. The van der Waals surface area contributed by atoms with Crippen LogP contribution < -0.4 is 0 Å². The van der Waals surface area contributed by atoms with Crippen LogP contribution in [-0.4, -0.2) is 41.4 Å². The normalized spacial score (nSPS) is 24.7. The highest BCUT2D eigenvalue weighted by molar-refractivity contribution is 5.70. The Kier molecular flexibility index (Phi) is 5.68. The first-order valence-electron chi connectivity index (χ1n) is 11.1. The van der Waals surface area contributed by atoms with Crippen molar-refractivity contribution in [3.63, 3.8) is 0 Å². The summed E-state index contributed by atoms with van der Waals surface area (Å²) >= 11 is 0. The Morgan fingerprint density at radius 1 is 0.906 bits per heavy atom. The third kappa shape index (κ3) is 4.01. The maximum Gasteiger partial charge on any atom is 0.410 e. The van der Waals surface area contributed by atoms with Crippen molar-refractivity contribution in [2.24, 2.45) is 0 Å². The lowest BCUT2D eigenvalue weighted by molar-refractivity contribution is -0.136. The zero-order valence-corrected chi connectivity index (χ0v) is 17.9. The summed E-state index contributed by atoms with van der Waals surface area (Å²) in [5, 5.41) is 11.9. The topological polar surface area (TPSA) is 59.0 Å². The van der Waals surface area contributed by atoms with Gasteiger partial charge < -0.3 is 14.6 Å². The molecule has 5 nitrogen and oxygen atoms in total. The minimum absolute atomic E-state index is 0.234. The number of rotatable bonds is 4. The smallest absolute Gasteiger partial charge is 0.410 e. The van der Waals surface area contributed by atoms with Gasteiger partial charge in [0.15, 0.2) is 0 Å². The second kappa shape index (κ2) is 8.77. The van der Waals surface area contributed by atoms with Gasteiger partial charge in [-0.25, -0.2) is 4.79 Å². The highest BCUT2D eigenvalue weighted by atomic mass is 16.6. The summed E-state index contributed by atoms with van der Waals surface area (Å²) in [6.45, 7) is 1.02. The molecule has 3 aromatic carbocycles. The summed E-state index contributed by atoms with van der Waals surface area (Å²) in [6.07, 6.45) is 0.479. The predicted molar refractivity (Wildman–Crippen MR) is 122 cm³/mol. The molecule has 0 saturated carbocycles. The largest absolute Gasteiger partial charge is 0.445 e. The Balaban J connectivity index is 1.38. The van der Waals surface area contributed by atoms with Crippen LogP contribution in [0.4, 0.5) is 4.79 Å². The molecule has 0 radical (unpaired) electrons. The van der Waals surface area contributed by atoms with E-state index in [-0.39, 0.29) is 24.8 Å². The molecule has 2 atom stereocenters. The summed E-state index contributed by atoms with van der Waals surface area (Å²) in [5.74, 6) is 0. The minimum Gasteiger partial charge on any atom is -0.445 e. The molecule has 2 heterocycles. The number of piperidine rings is 1. The van der Waals surface area contributed by atoms with Crippen molar-refractivity contribution in [2.45, 2.75) is 37.1 Å². The van der Waals surface area contributed by atoms with E-state index in [1.165, 1.54) is 0 Å². The van der Waals surface area contributed by atoms with Crippen molar-refractivity contribution in [1.29, 1.82) is 0 Å². The van der Waals surface area contributed by atoms with E-state index in [4.69, 9.17) is 9.47 Å². The number of nitrogens with zero attached hydrogens (tertiary/aromatic N) is 1. The Morgan fingerprint density at radius 2 is 1.50 bits per heavy atom. The van der Waals surface area contributed by atoms with Crippen molar-refractivity contribution in [2.75, 3.05) is 13.2 Å². The van der Waals surface area contributed by atoms with Gasteiger partial charge in [-0.3, -0.25) is 4.90 Å². The third-order valence-corrected chi connectivity index (χ3v) is 6.48. The van der Waals surface area contributed by atoms with Crippen LogP contribution in [0, 0.1) is 0 Å². The first-order valence-corrected chi connectivity index (χ1v) is 11.1. The van der Waals surface area contributed by atoms with Crippen LogP contribution in [0.3, 0.4) is 0 Å². The van der Waals surface area contributed by atoms with Crippen molar-refractivity contribution in [1.82, 2.24) is 4.90 Å². The Morgan fingerprint density at radius 3 is 2.19 bits per heavy atom. The Labute approximate surface area is 188 Å². The minimum atomic E-state index is -1.04. The van der Waals surface area contributed by atoms with E-state index in [1.807, 2.05) is 66.7 Å². The second-order valence-electron chi connectivity index (χ2n) is 8.64. The first kappa shape index (κ1) is 20.7. The molecule has 2 saturated heterocycles. The van der Waals surface area contributed by atoms with Gasteiger partial charge in [-0.2, -0.15) is 0 Å². The maximum atomic E-state index is 13.0. The number of carbonyl (C=O) groups is 1. The molecule has 1 N–H and O–H groups in total. The van der Waals surface area contributed by atoms with Crippen molar-refractivity contribution in [3.8, 4) is 11.1 Å². The zero-order valence-electron chi connectivity index (χ0n) is 17.9. The SMILES string of the molecule is O=C(OCc1ccccc1)N1C2COCC1CC(O)(c1ccccc1-c1ccccc1)C2. The number of benzene rings is 3. The average Bonchev–Trinajstić information content (AvgIpc) is 2.83. The molecule has 1 amide bonds. The fourth-order valence-electron chi connectivity index (χ4n) is 5.05. The lowest BCUT2D eigenvalue weighted by Gasteiger charge is -2.51. The Hall–Kier alpha value is -3.15. The molecule has 0 spiro atoms. The summed E-state index contributed by atoms with van der Waals surface area (Å²) in [4.78, 5) is 14.8. The van der Waals surface area contributed by atoms with Crippen LogP contribution in [-0.2, 0) is 21.7 Å². The number of aliphatic hydroxyl groups is 1. The van der Waals surface area contributed by atoms with Gasteiger partial charge in [0.25, 0.3) is 0 Å². The molecule has 0 aliphatic carbocycles. The van der Waals surface area contributed by atoms with Gasteiger partial charge in [-0.15, -0.1) is 0 Å². The van der Waals surface area contributed by atoms with E-state index in [0.717, 1.165) is 22.3 Å². The molecular formula is C27H27NO4. The second-order valence-corrected chi connectivity index (χ2v) is 8.64. The maximum absolute atomic E-state index is 13.0. The van der Waals surface area contributed by atoms with Crippen molar-refractivity contribution >= 4 is 6.09 Å². The van der Waals surface area contributed by atoms with E-state index < -0.39 is 5.60 Å². The highest BCUT2D eigenvalue weighted by Gasteiger charge is 2.50. The first-order chi connectivity index (χ1) is 15.6. The standard InChI is InChI=1S/C27H27NO4/c29-26(32-17-20-9-3-1-4-10-20)28-22-15-27(30,16-23(28)19-31-18-22)25-14-8-7-13-24(25)21-11-5-2-6-12-21/h1-14,22-23,30H,15-19H2. The molecule has 5 heteroatoms. The van der Waals surface area contributed by atoms with Gasteiger partial charge in [0.1, 0.15) is 6.61 Å². The molecule has 2 unspecified atom stereocenters. The molecular weight excluding hydrogens is 402 g/mol. The number of hydrogen-bond acceptors (Lipinski definition) is 4. The molecule has 3 aromatic rings. The summed E-state index contributed by atoms with van der Waals surface area (Å²) in [7, 11) is 0. The molecule has 32 heavy (non-hydrogen) atoms. The molecule has 164 valence electrons. The van der Waals surface area contributed by atoms with Gasteiger partial charge in [-0.05, 0) is 22.3 Å². The van der Waals surface area contributed by atoms with Crippen molar-refractivity contribution in [3.05, 3.63) is 96.1 Å². The number of ether oxygens (including phenoxy) is 2. The molecule has 2 bridgehead atoms. The van der Waals surface area contributed by atoms with Gasteiger partial charge in [0.2, 0.25) is 0 Å². The number of fused-ring (bicyclic) bond motifs is 2. The van der Waals surface area contributed by atoms with Gasteiger partial charge in [0.05, 0.1) is 30.9 Å². The monoisotopic (exact) mass is 429 g/mol. The van der Waals surface area contributed by atoms with E-state index in [2.05, 4.69) is 18.2 Å². The quantitative estimate of drug-likeness (QED) is 0.651. The van der Waals surface area contributed by atoms with Crippen LogP contribution in [0.5, 0.6) is 0 Å². The van der Waals surface area contributed by atoms with Crippen LogP contribution in [0.1, 0.15) is 24.0 Å². The van der Waals surface area contributed by atoms with Crippen LogP contribution in [0.15, 0.2) is 84.9 Å². The molecule has 2 aliphatic heterocycles. The third-order valence-electron chi connectivity index (χ3n) is 6.48.